The molecule has 3 rings (SSSR count). The Balaban J connectivity index is 1.78. The number of carboxylic acid groups (broad SMARTS) is 1. The summed E-state index contributed by atoms with van der Waals surface area (Å²) in [7, 11) is 1.63. The summed E-state index contributed by atoms with van der Waals surface area (Å²) in [4.78, 5) is 27.0. The van der Waals surface area contributed by atoms with E-state index in [1.165, 1.54) is 0 Å². The number of piperazine rings is 1. The molecule has 2 aliphatic rings. The quantitative estimate of drug-likeness (QED) is 0.391. The van der Waals surface area contributed by atoms with Crippen LogP contribution in [-0.4, -0.2) is 66.0 Å². The maximum absolute atomic E-state index is 13.1. The third-order valence-electron chi connectivity index (χ3n) is 6.07. The number of carbonyl (C=O) groups excluding carboxylic acids is 1. The summed E-state index contributed by atoms with van der Waals surface area (Å²) in [5.41, 5.74) is -0.488. The number of benzene rings is 1. The van der Waals surface area contributed by atoms with Crippen LogP contribution in [0.25, 0.3) is 0 Å². The predicted octanol–water partition coefficient (Wildman–Crippen LogP) is 1.28. The van der Waals surface area contributed by atoms with Crippen LogP contribution < -0.4 is 15.4 Å². The van der Waals surface area contributed by atoms with Crippen LogP contribution in [0.3, 0.4) is 0 Å². The Morgan fingerprint density at radius 3 is 2.73 bits per heavy atom. The van der Waals surface area contributed by atoms with Crippen molar-refractivity contribution in [3.8, 4) is 5.75 Å². The molecular formula is C22H31N3O5. The summed E-state index contributed by atoms with van der Waals surface area (Å²) in [5.74, 6) is -0.896. The fourth-order valence-corrected chi connectivity index (χ4v) is 4.31. The SMILES string of the molecule is COc1ccccc1C1CN(C(NC(=O)C2(C(=O)O)CC=CCC2)C(C)O)CCN1. The molecule has 4 unspecified atom stereocenters. The molecule has 0 spiro atoms. The summed E-state index contributed by atoms with van der Waals surface area (Å²) in [6.07, 6.45) is 3.05. The lowest BCUT2D eigenvalue weighted by atomic mass is 9.76. The summed E-state index contributed by atoms with van der Waals surface area (Å²) < 4.78 is 5.48. The number of ether oxygens (including phenoxy) is 1. The number of aliphatic hydroxyl groups is 1. The average molecular weight is 418 g/mol. The molecule has 4 atom stereocenters. The molecule has 0 aromatic heterocycles. The Bertz CT molecular complexity index is 797. The first-order chi connectivity index (χ1) is 14.4. The number of hydrogen-bond acceptors (Lipinski definition) is 6. The zero-order chi connectivity index (χ0) is 21.7. The Hall–Kier alpha value is -2.42. The Labute approximate surface area is 176 Å². The van der Waals surface area contributed by atoms with E-state index in [0.29, 0.717) is 26.1 Å². The molecule has 164 valence electrons. The van der Waals surface area contributed by atoms with Crippen molar-refractivity contribution < 1.29 is 24.5 Å². The van der Waals surface area contributed by atoms with Crippen molar-refractivity contribution in [2.45, 2.75) is 44.5 Å². The van der Waals surface area contributed by atoms with Crippen molar-refractivity contribution in [1.82, 2.24) is 15.5 Å². The third-order valence-corrected chi connectivity index (χ3v) is 6.07. The van der Waals surface area contributed by atoms with Gasteiger partial charge in [-0.15, -0.1) is 0 Å². The Morgan fingerprint density at radius 1 is 1.33 bits per heavy atom. The molecular weight excluding hydrogens is 386 g/mol. The molecule has 1 aromatic carbocycles. The number of rotatable bonds is 7. The highest BCUT2D eigenvalue weighted by molar-refractivity contribution is 6.02. The van der Waals surface area contributed by atoms with Crippen molar-refractivity contribution in [3.05, 3.63) is 42.0 Å². The van der Waals surface area contributed by atoms with Crippen molar-refractivity contribution in [1.29, 1.82) is 0 Å². The van der Waals surface area contributed by atoms with Gasteiger partial charge in [0.2, 0.25) is 5.91 Å². The normalized spacial score (nSPS) is 26.6. The van der Waals surface area contributed by atoms with Gasteiger partial charge in [0.1, 0.15) is 17.3 Å². The fraction of sp³-hybridized carbons (Fsp3) is 0.545. The molecule has 1 aliphatic heterocycles. The van der Waals surface area contributed by atoms with Crippen LogP contribution in [0.4, 0.5) is 0 Å². The number of nitrogens with one attached hydrogen (secondary N) is 2. The summed E-state index contributed by atoms with van der Waals surface area (Å²) in [6.45, 7) is 3.42. The zero-order valence-electron chi connectivity index (χ0n) is 17.5. The van der Waals surface area contributed by atoms with E-state index in [1.54, 1.807) is 20.1 Å². The predicted molar refractivity (Wildman–Crippen MR) is 112 cm³/mol. The first-order valence-corrected chi connectivity index (χ1v) is 10.4. The van der Waals surface area contributed by atoms with E-state index in [1.807, 2.05) is 35.2 Å². The Kier molecular flexibility index (Phi) is 7.12. The van der Waals surface area contributed by atoms with Gasteiger partial charge in [0.25, 0.3) is 0 Å². The monoisotopic (exact) mass is 417 g/mol. The van der Waals surface area contributed by atoms with Crippen molar-refractivity contribution in [2.75, 3.05) is 26.7 Å². The molecule has 30 heavy (non-hydrogen) atoms. The number of para-hydroxylation sites is 1. The summed E-state index contributed by atoms with van der Waals surface area (Å²) in [6, 6.07) is 7.70. The molecule has 1 saturated heterocycles. The molecule has 8 heteroatoms. The molecule has 1 amide bonds. The highest BCUT2D eigenvalue weighted by atomic mass is 16.5. The highest BCUT2D eigenvalue weighted by Gasteiger charge is 2.47. The van der Waals surface area contributed by atoms with Gasteiger partial charge in [-0.1, -0.05) is 30.4 Å². The number of carbonyl (C=O) groups is 2. The largest absolute Gasteiger partial charge is 0.496 e. The number of amides is 1. The lowest BCUT2D eigenvalue weighted by molar-refractivity contribution is -0.158. The van der Waals surface area contributed by atoms with Crippen LogP contribution in [0.5, 0.6) is 5.75 Å². The lowest BCUT2D eigenvalue weighted by Gasteiger charge is -2.42. The zero-order valence-corrected chi connectivity index (χ0v) is 17.5. The molecule has 0 bridgehead atoms. The van der Waals surface area contributed by atoms with E-state index in [9.17, 15) is 19.8 Å². The van der Waals surface area contributed by atoms with E-state index in [0.717, 1.165) is 11.3 Å². The maximum atomic E-state index is 13.1. The number of aliphatic carboxylic acids is 1. The number of hydrogen-bond donors (Lipinski definition) is 4. The third kappa shape index (κ3) is 4.50. The van der Waals surface area contributed by atoms with E-state index < -0.39 is 29.6 Å². The van der Waals surface area contributed by atoms with Crippen LogP contribution in [-0.2, 0) is 9.59 Å². The van der Waals surface area contributed by atoms with Gasteiger partial charge in [-0.25, -0.2) is 0 Å². The molecule has 8 nitrogen and oxygen atoms in total. The van der Waals surface area contributed by atoms with E-state index >= 15 is 0 Å². The van der Waals surface area contributed by atoms with Gasteiger partial charge < -0.3 is 25.6 Å². The van der Waals surface area contributed by atoms with Crippen molar-refractivity contribution >= 4 is 11.9 Å². The van der Waals surface area contributed by atoms with Crippen molar-refractivity contribution in [2.24, 2.45) is 5.41 Å². The minimum atomic E-state index is -1.49. The lowest BCUT2D eigenvalue weighted by Crippen LogP contribution is -2.62. The van der Waals surface area contributed by atoms with Crippen LogP contribution >= 0.6 is 0 Å². The minimum absolute atomic E-state index is 0.0425. The molecule has 1 fully saturated rings. The van der Waals surface area contributed by atoms with Crippen LogP contribution in [0.2, 0.25) is 0 Å². The number of methoxy groups -OCH3 is 1. The van der Waals surface area contributed by atoms with Crippen LogP contribution in [0.15, 0.2) is 36.4 Å². The van der Waals surface area contributed by atoms with Gasteiger partial charge in [0, 0.05) is 31.2 Å². The number of allylic oxidation sites excluding steroid dienone is 2. The van der Waals surface area contributed by atoms with Crippen LogP contribution in [0, 0.1) is 5.41 Å². The molecule has 0 saturated carbocycles. The maximum Gasteiger partial charge on any atom is 0.319 e. The van der Waals surface area contributed by atoms with Gasteiger partial charge in [-0.2, -0.15) is 0 Å². The van der Waals surface area contributed by atoms with Gasteiger partial charge in [-0.3, -0.25) is 14.5 Å². The molecule has 4 N–H and O–H groups in total. The first kappa shape index (κ1) is 22.3. The minimum Gasteiger partial charge on any atom is -0.496 e. The number of nitrogens with zero attached hydrogens (tertiary/aromatic N) is 1. The topological polar surface area (TPSA) is 111 Å². The second-order valence-electron chi connectivity index (χ2n) is 8.00. The highest BCUT2D eigenvalue weighted by Crippen LogP contribution is 2.34. The van der Waals surface area contributed by atoms with Gasteiger partial charge in [-0.05, 0) is 32.3 Å². The number of aliphatic hydroxyl groups excluding tert-OH is 1. The smallest absolute Gasteiger partial charge is 0.319 e. The molecule has 0 radical (unpaired) electrons. The van der Waals surface area contributed by atoms with Crippen LogP contribution in [0.1, 0.15) is 37.8 Å². The Morgan fingerprint density at radius 2 is 2.10 bits per heavy atom. The molecule has 1 aromatic rings. The molecule has 1 aliphatic carbocycles. The average Bonchev–Trinajstić information content (AvgIpc) is 2.77. The van der Waals surface area contributed by atoms with E-state index in [2.05, 4.69) is 10.6 Å². The summed E-state index contributed by atoms with van der Waals surface area (Å²) >= 11 is 0. The van der Waals surface area contributed by atoms with Gasteiger partial charge in [0.15, 0.2) is 0 Å². The summed E-state index contributed by atoms with van der Waals surface area (Å²) in [5, 5.41) is 26.5. The van der Waals surface area contributed by atoms with E-state index in [-0.39, 0.29) is 18.9 Å². The van der Waals surface area contributed by atoms with Crippen molar-refractivity contribution in [3.63, 3.8) is 0 Å². The standard InChI is InChI=1S/C22H31N3O5/c1-15(26)19(24-20(27)22(21(28)29)10-6-3-7-11-22)25-13-12-23-17(14-25)16-8-4-5-9-18(16)30-2/h3-6,8-9,15,17,19,23,26H,7,10-14H2,1-2H3,(H,24,27)(H,28,29). The van der Waals surface area contributed by atoms with Gasteiger partial charge >= 0.3 is 5.97 Å². The number of carboxylic acids is 1. The second-order valence-corrected chi connectivity index (χ2v) is 8.00. The second kappa shape index (κ2) is 9.59. The molecule has 1 heterocycles. The fourth-order valence-electron chi connectivity index (χ4n) is 4.31. The van der Waals surface area contributed by atoms with E-state index in [4.69, 9.17) is 4.74 Å². The van der Waals surface area contributed by atoms with Gasteiger partial charge in [0.05, 0.1) is 13.2 Å². The first-order valence-electron chi connectivity index (χ1n) is 10.4.